The molecule has 1 fully saturated rings. The highest BCUT2D eigenvalue weighted by Crippen LogP contribution is 2.21. The van der Waals surface area contributed by atoms with Gasteiger partial charge >= 0.3 is 0 Å². The number of ether oxygens (including phenoxy) is 1. The van der Waals surface area contributed by atoms with Crippen LogP contribution >= 0.6 is 0 Å². The lowest BCUT2D eigenvalue weighted by molar-refractivity contribution is 0.159. The number of nitrogens with one attached hydrogen (secondary N) is 1. The number of rotatable bonds is 6. The van der Waals surface area contributed by atoms with Gasteiger partial charge in [-0.1, -0.05) is 0 Å². The average Bonchev–Trinajstić information content (AvgIpc) is 3.15. The Morgan fingerprint density at radius 3 is 3.05 bits per heavy atom. The van der Waals surface area contributed by atoms with Crippen LogP contribution in [0.5, 0.6) is 0 Å². The maximum absolute atomic E-state index is 5.15. The summed E-state index contributed by atoms with van der Waals surface area (Å²) in [7, 11) is 1.76. The molecule has 0 aliphatic carbocycles. The Balaban J connectivity index is 1.62. The third-order valence-electron chi connectivity index (χ3n) is 4.13. The van der Waals surface area contributed by atoms with Crippen LogP contribution in [0.15, 0.2) is 18.5 Å². The van der Waals surface area contributed by atoms with Crippen molar-refractivity contribution in [3.05, 3.63) is 29.8 Å². The van der Waals surface area contributed by atoms with Crippen molar-refractivity contribution in [2.45, 2.75) is 19.8 Å². The lowest BCUT2D eigenvalue weighted by Gasteiger charge is -2.15. The van der Waals surface area contributed by atoms with E-state index in [1.807, 2.05) is 19.2 Å². The molecule has 0 bridgehead atoms. The van der Waals surface area contributed by atoms with Crippen LogP contribution in [-0.2, 0) is 11.2 Å². The summed E-state index contributed by atoms with van der Waals surface area (Å²) < 4.78 is 5.15. The van der Waals surface area contributed by atoms with E-state index in [2.05, 4.69) is 20.1 Å². The third kappa shape index (κ3) is 3.69. The van der Waals surface area contributed by atoms with Crippen LogP contribution in [0, 0.1) is 12.8 Å². The summed E-state index contributed by atoms with van der Waals surface area (Å²) >= 11 is 0. The molecular formula is C16H23N5O. The molecule has 1 saturated heterocycles. The molecule has 0 aromatic carbocycles. The van der Waals surface area contributed by atoms with E-state index in [4.69, 9.17) is 9.72 Å². The molecule has 6 heteroatoms. The monoisotopic (exact) mass is 301 g/mol. The molecule has 0 radical (unpaired) electrons. The first-order chi connectivity index (χ1) is 10.7. The minimum absolute atomic E-state index is 0.655. The number of nitrogens with zero attached hydrogens (tertiary/aromatic N) is 4. The molecule has 6 nitrogen and oxygen atoms in total. The maximum atomic E-state index is 5.15. The van der Waals surface area contributed by atoms with E-state index in [0.717, 1.165) is 55.4 Å². The van der Waals surface area contributed by atoms with Crippen molar-refractivity contribution in [3.8, 4) is 11.4 Å². The van der Waals surface area contributed by atoms with Gasteiger partial charge in [-0.2, -0.15) is 5.10 Å². The number of likely N-dealkylation sites (tertiary alicyclic amines) is 1. The van der Waals surface area contributed by atoms with Crippen LogP contribution in [0.4, 0.5) is 0 Å². The Bertz CT molecular complexity index is 612. The molecule has 118 valence electrons. The van der Waals surface area contributed by atoms with Crippen molar-refractivity contribution in [3.63, 3.8) is 0 Å². The van der Waals surface area contributed by atoms with E-state index < -0.39 is 0 Å². The second-order valence-electron chi connectivity index (χ2n) is 5.98. The van der Waals surface area contributed by atoms with Crippen LogP contribution in [0.1, 0.15) is 17.8 Å². The van der Waals surface area contributed by atoms with Crippen LogP contribution in [0.25, 0.3) is 11.4 Å². The van der Waals surface area contributed by atoms with Gasteiger partial charge in [-0.15, -0.1) is 0 Å². The summed E-state index contributed by atoms with van der Waals surface area (Å²) in [5.41, 5.74) is 3.79. The average molecular weight is 301 g/mol. The first kappa shape index (κ1) is 15.1. The standard InChI is InChI=1S/C16H23N5O/c1-12-7-15(20-19-12)16-10-17-9-14(18-16)8-13-3-4-21(11-13)5-6-22-2/h7,9-10,13H,3-6,8,11H2,1-2H3,(H,19,20). The van der Waals surface area contributed by atoms with Crippen molar-refractivity contribution in [1.29, 1.82) is 0 Å². The van der Waals surface area contributed by atoms with Gasteiger partial charge in [-0.3, -0.25) is 10.1 Å². The number of aromatic amines is 1. The molecule has 1 aliphatic heterocycles. The third-order valence-corrected chi connectivity index (χ3v) is 4.13. The summed E-state index contributed by atoms with van der Waals surface area (Å²) in [4.78, 5) is 11.5. The zero-order valence-electron chi connectivity index (χ0n) is 13.2. The lowest BCUT2D eigenvalue weighted by Crippen LogP contribution is -2.25. The number of aryl methyl sites for hydroxylation is 1. The molecule has 2 aromatic rings. The zero-order chi connectivity index (χ0) is 15.4. The Kier molecular flexibility index (Phi) is 4.80. The summed E-state index contributed by atoms with van der Waals surface area (Å²) in [6, 6.07) is 2.00. The zero-order valence-corrected chi connectivity index (χ0v) is 13.2. The van der Waals surface area contributed by atoms with Crippen LogP contribution < -0.4 is 0 Å². The van der Waals surface area contributed by atoms with E-state index in [-0.39, 0.29) is 0 Å². The second-order valence-corrected chi connectivity index (χ2v) is 5.98. The van der Waals surface area contributed by atoms with E-state index in [1.165, 1.54) is 6.42 Å². The number of methoxy groups -OCH3 is 1. The van der Waals surface area contributed by atoms with Gasteiger partial charge in [-0.05, 0) is 38.3 Å². The summed E-state index contributed by atoms with van der Waals surface area (Å²) in [5, 5.41) is 7.20. The molecule has 3 rings (SSSR count). The fourth-order valence-electron chi connectivity index (χ4n) is 2.98. The van der Waals surface area contributed by atoms with Crippen molar-refractivity contribution < 1.29 is 4.74 Å². The van der Waals surface area contributed by atoms with Crippen molar-refractivity contribution in [2.75, 3.05) is 33.4 Å². The normalized spacial score (nSPS) is 18.9. The SMILES string of the molecule is COCCN1CCC(Cc2cncc(-c3cc(C)[nH]n3)n2)C1. The van der Waals surface area contributed by atoms with Crippen molar-refractivity contribution in [2.24, 2.45) is 5.92 Å². The maximum Gasteiger partial charge on any atom is 0.112 e. The highest BCUT2D eigenvalue weighted by atomic mass is 16.5. The first-order valence-corrected chi connectivity index (χ1v) is 7.79. The van der Waals surface area contributed by atoms with Gasteiger partial charge < -0.3 is 9.64 Å². The summed E-state index contributed by atoms with van der Waals surface area (Å²) in [6.45, 7) is 6.09. The van der Waals surface area contributed by atoms with Gasteiger partial charge in [0.15, 0.2) is 0 Å². The smallest absolute Gasteiger partial charge is 0.112 e. The van der Waals surface area contributed by atoms with Gasteiger partial charge in [0.2, 0.25) is 0 Å². The molecule has 1 aliphatic rings. The Morgan fingerprint density at radius 2 is 2.27 bits per heavy atom. The van der Waals surface area contributed by atoms with E-state index in [1.54, 1.807) is 13.3 Å². The quantitative estimate of drug-likeness (QED) is 0.879. The Morgan fingerprint density at radius 1 is 1.36 bits per heavy atom. The molecule has 0 saturated carbocycles. The minimum Gasteiger partial charge on any atom is -0.383 e. The summed E-state index contributed by atoms with van der Waals surface area (Å²) in [5.74, 6) is 0.655. The molecular weight excluding hydrogens is 278 g/mol. The predicted molar refractivity (Wildman–Crippen MR) is 84.5 cm³/mol. The largest absolute Gasteiger partial charge is 0.383 e. The minimum atomic E-state index is 0.655. The number of hydrogen-bond donors (Lipinski definition) is 1. The van der Waals surface area contributed by atoms with E-state index >= 15 is 0 Å². The fourth-order valence-corrected chi connectivity index (χ4v) is 2.98. The van der Waals surface area contributed by atoms with Crippen LogP contribution in [-0.4, -0.2) is 58.4 Å². The van der Waals surface area contributed by atoms with E-state index in [0.29, 0.717) is 5.92 Å². The molecule has 0 amide bonds. The number of hydrogen-bond acceptors (Lipinski definition) is 5. The van der Waals surface area contributed by atoms with Gasteiger partial charge in [0, 0.05) is 32.1 Å². The lowest BCUT2D eigenvalue weighted by atomic mass is 10.0. The molecule has 3 heterocycles. The molecule has 0 spiro atoms. The fraction of sp³-hybridized carbons (Fsp3) is 0.562. The van der Waals surface area contributed by atoms with Crippen molar-refractivity contribution in [1.82, 2.24) is 25.1 Å². The molecule has 1 unspecified atom stereocenters. The van der Waals surface area contributed by atoms with Crippen molar-refractivity contribution >= 4 is 0 Å². The topological polar surface area (TPSA) is 66.9 Å². The number of H-pyrrole nitrogens is 1. The molecule has 2 aromatic heterocycles. The molecule has 1 atom stereocenters. The number of aromatic nitrogens is 4. The second kappa shape index (κ2) is 6.98. The van der Waals surface area contributed by atoms with Gasteiger partial charge in [-0.25, -0.2) is 4.98 Å². The Labute approximate surface area is 130 Å². The summed E-state index contributed by atoms with van der Waals surface area (Å²) in [6.07, 6.45) is 5.85. The predicted octanol–water partition coefficient (Wildman–Crippen LogP) is 1.69. The molecule has 1 N–H and O–H groups in total. The van der Waals surface area contributed by atoms with Gasteiger partial charge in [0.05, 0.1) is 18.5 Å². The van der Waals surface area contributed by atoms with Gasteiger partial charge in [0.25, 0.3) is 0 Å². The van der Waals surface area contributed by atoms with Crippen LogP contribution in [0.3, 0.4) is 0 Å². The van der Waals surface area contributed by atoms with Crippen LogP contribution in [0.2, 0.25) is 0 Å². The molecule has 22 heavy (non-hydrogen) atoms. The Hall–Kier alpha value is -1.79. The van der Waals surface area contributed by atoms with Gasteiger partial charge in [0.1, 0.15) is 11.4 Å². The first-order valence-electron chi connectivity index (χ1n) is 7.79. The highest BCUT2D eigenvalue weighted by Gasteiger charge is 2.22. The van der Waals surface area contributed by atoms with E-state index in [9.17, 15) is 0 Å². The highest BCUT2D eigenvalue weighted by molar-refractivity contribution is 5.52.